The minimum atomic E-state index is -0.443. The molecule has 3 aromatic rings. The lowest BCUT2D eigenvalue weighted by molar-refractivity contribution is -0.129. The summed E-state index contributed by atoms with van der Waals surface area (Å²) in [7, 11) is 0. The van der Waals surface area contributed by atoms with Crippen LogP contribution in [0.3, 0.4) is 0 Å². The van der Waals surface area contributed by atoms with Gasteiger partial charge in [-0.3, -0.25) is 15.0 Å². The van der Waals surface area contributed by atoms with Crippen LogP contribution in [-0.2, 0) is 4.79 Å². The molecule has 7 heteroatoms. The van der Waals surface area contributed by atoms with E-state index in [9.17, 15) is 4.79 Å². The Morgan fingerprint density at radius 1 is 1.20 bits per heavy atom. The van der Waals surface area contributed by atoms with Crippen molar-refractivity contribution in [3.05, 3.63) is 42.4 Å². The molecule has 0 radical (unpaired) electrons. The van der Waals surface area contributed by atoms with E-state index in [4.69, 9.17) is 9.73 Å². The molecule has 1 aliphatic carbocycles. The predicted octanol–water partition coefficient (Wildman–Crippen LogP) is 5.01. The van der Waals surface area contributed by atoms with Gasteiger partial charge in [0.15, 0.2) is 0 Å². The van der Waals surface area contributed by atoms with E-state index in [2.05, 4.69) is 15.1 Å². The zero-order chi connectivity index (χ0) is 20.8. The van der Waals surface area contributed by atoms with Crippen LogP contribution in [0, 0.1) is 5.92 Å². The highest BCUT2D eigenvalue weighted by atomic mass is 16.5. The molecule has 1 saturated carbocycles. The number of aromatic nitrogens is 3. The van der Waals surface area contributed by atoms with Gasteiger partial charge in [-0.1, -0.05) is 74.4 Å². The maximum atomic E-state index is 11.8. The Hall–Kier alpha value is -2.80. The molecule has 2 aromatic heterocycles. The van der Waals surface area contributed by atoms with E-state index in [1.807, 2.05) is 30.3 Å². The van der Waals surface area contributed by atoms with Crippen molar-refractivity contribution in [1.29, 1.82) is 0 Å². The highest BCUT2D eigenvalue weighted by Gasteiger charge is 2.24. The highest BCUT2D eigenvalue weighted by Crippen LogP contribution is 2.31. The van der Waals surface area contributed by atoms with Gasteiger partial charge in [0.05, 0.1) is 0 Å². The topological polar surface area (TPSA) is 101 Å². The van der Waals surface area contributed by atoms with Crippen molar-refractivity contribution < 1.29 is 14.5 Å². The average molecular weight is 409 g/mol. The lowest BCUT2D eigenvalue weighted by atomic mass is 9.84. The molecule has 0 spiro atoms. The molecular formula is C23H28N4O3. The van der Waals surface area contributed by atoms with Gasteiger partial charge in [0.25, 0.3) is 0 Å². The van der Waals surface area contributed by atoms with Crippen molar-refractivity contribution in [2.24, 2.45) is 5.92 Å². The number of hydroxylamine groups is 1. The number of fused-ring (bicyclic) bond motifs is 1. The fourth-order valence-electron chi connectivity index (χ4n) is 4.42. The third-order valence-corrected chi connectivity index (χ3v) is 6.10. The third-order valence-electron chi connectivity index (χ3n) is 6.10. The second-order valence-electron chi connectivity index (χ2n) is 8.24. The zero-order valence-corrected chi connectivity index (χ0v) is 17.1. The molecule has 1 fully saturated rings. The summed E-state index contributed by atoms with van der Waals surface area (Å²) in [5, 5.41) is 15.2. The standard InChI is InChI=1S/C23H28N4O3/c28-21(26-29)14-18(12-6-9-16-7-2-1-3-8-16)23-25-22(27-30-23)20-13-17-10-4-5-11-19(17)15-24-20/h4-5,10-11,13,15-16,18,29H,1-3,6-9,12,14H2,(H,26,28)/t18-/m1/s1. The molecule has 2 heterocycles. The van der Waals surface area contributed by atoms with E-state index in [0.717, 1.165) is 36.0 Å². The molecule has 7 nitrogen and oxygen atoms in total. The van der Waals surface area contributed by atoms with Crippen molar-refractivity contribution in [2.75, 3.05) is 0 Å². The Bertz CT molecular complexity index is 981. The molecule has 4 rings (SSSR count). The normalized spacial score (nSPS) is 15.9. The summed E-state index contributed by atoms with van der Waals surface area (Å²) < 4.78 is 5.52. The summed E-state index contributed by atoms with van der Waals surface area (Å²) in [6, 6.07) is 9.90. The van der Waals surface area contributed by atoms with E-state index in [1.54, 1.807) is 11.7 Å². The predicted molar refractivity (Wildman–Crippen MR) is 113 cm³/mol. The number of hydrogen-bond acceptors (Lipinski definition) is 6. The summed E-state index contributed by atoms with van der Waals surface area (Å²) in [5.41, 5.74) is 2.36. The second-order valence-corrected chi connectivity index (χ2v) is 8.24. The van der Waals surface area contributed by atoms with Gasteiger partial charge in [-0.2, -0.15) is 4.98 Å². The lowest BCUT2D eigenvalue weighted by Gasteiger charge is -2.22. The van der Waals surface area contributed by atoms with Crippen LogP contribution >= 0.6 is 0 Å². The molecule has 1 aliphatic rings. The SMILES string of the molecule is O=C(C[C@@H](CCCC1CCCCC1)c1nc(-c2cc3ccccc3cn2)no1)NO. The van der Waals surface area contributed by atoms with E-state index in [1.165, 1.54) is 32.1 Å². The summed E-state index contributed by atoms with van der Waals surface area (Å²) >= 11 is 0. The Labute approximate surface area is 175 Å². The third kappa shape index (κ3) is 5.02. The van der Waals surface area contributed by atoms with Gasteiger partial charge in [0, 0.05) is 23.9 Å². The van der Waals surface area contributed by atoms with Crippen LogP contribution in [0.25, 0.3) is 22.3 Å². The van der Waals surface area contributed by atoms with Gasteiger partial charge in [0.1, 0.15) is 5.69 Å². The molecule has 30 heavy (non-hydrogen) atoms. The summed E-state index contributed by atoms with van der Waals surface area (Å²) in [6.07, 6.45) is 11.5. The first-order chi connectivity index (χ1) is 14.7. The maximum absolute atomic E-state index is 11.8. The fraction of sp³-hybridized carbons (Fsp3) is 0.478. The van der Waals surface area contributed by atoms with Crippen LogP contribution in [0.4, 0.5) is 0 Å². The molecule has 158 valence electrons. The van der Waals surface area contributed by atoms with Crippen LogP contribution in [-0.4, -0.2) is 26.2 Å². The van der Waals surface area contributed by atoms with Crippen LogP contribution in [0.15, 0.2) is 41.1 Å². The first-order valence-electron chi connectivity index (χ1n) is 10.8. The molecule has 2 N–H and O–H groups in total. The molecule has 0 saturated heterocycles. The van der Waals surface area contributed by atoms with Crippen LogP contribution < -0.4 is 5.48 Å². The van der Waals surface area contributed by atoms with Crippen molar-refractivity contribution in [3.8, 4) is 11.5 Å². The van der Waals surface area contributed by atoms with Crippen molar-refractivity contribution in [3.63, 3.8) is 0 Å². The first kappa shape index (κ1) is 20.5. The number of hydrogen-bond donors (Lipinski definition) is 2. The highest BCUT2D eigenvalue weighted by molar-refractivity contribution is 5.84. The van der Waals surface area contributed by atoms with Gasteiger partial charge in [-0.15, -0.1) is 0 Å². The van der Waals surface area contributed by atoms with Gasteiger partial charge in [-0.05, 0) is 23.8 Å². The van der Waals surface area contributed by atoms with Crippen molar-refractivity contribution in [2.45, 2.75) is 63.7 Å². The van der Waals surface area contributed by atoms with Crippen molar-refractivity contribution >= 4 is 16.7 Å². The number of rotatable bonds is 8. The van der Waals surface area contributed by atoms with Crippen LogP contribution in [0.5, 0.6) is 0 Å². The average Bonchev–Trinajstić information content (AvgIpc) is 3.29. The summed E-state index contributed by atoms with van der Waals surface area (Å²) in [4.78, 5) is 20.8. The number of carbonyl (C=O) groups excluding carboxylic acids is 1. The van der Waals surface area contributed by atoms with Gasteiger partial charge in [-0.25, -0.2) is 5.48 Å². The van der Waals surface area contributed by atoms with Crippen LogP contribution in [0.1, 0.15) is 69.6 Å². The monoisotopic (exact) mass is 408 g/mol. The number of nitrogens with zero attached hydrogens (tertiary/aromatic N) is 3. The van der Waals surface area contributed by atoms with E-state index in [0.29, 0.717) is 17.4 Å². The number of carbonyl (C=O) groups is 1. The second kappa shape index (κ2) is 9.80. The molecule has 0 aliphatic heterocycles. The quantitative estimate of drug-likeness (QED) is 0.401. The minimum Gasteiger partial charge on any atom is -0.339 e. The zero-order valence-electron chi connectivity index (χ0n) is 17.1. The van der Waals surface area contributed by atoms with E-state index in [-0.39, 0.29) is 12.3 Å². The fourth-order valence-corrected chi connectivity index (χ4v) is 4.42. The minimum absolute atomic E-state index is 0.119. The maximum Gasteiger partial charge on any atom is 0.244 e. The van der Waals surface area contributed by atoms with Gasteiger partial charge >= 0.3 is 0 Å². The van der Waals surface area contributed by atoms with E-state index >= 15 is 0 Å². The van der Waals surface area contributed by atoms with Gasteiger partial charge < -0.3 is 4.52 Å². The number of benzene rings is 1. The Balaban J connectivity index is 1.47. The largest absolute Gasteiger partial charge is 0.339 e. The summed E-state index contributed by atoms with van der Waals surface area (Å²) in [6.45, 7) is 0. The van der Waals surface area contributed by atoms with Crippen molar-refractivity contribution in [1.82, 2.24) is 20.6 Å². The smallest absolute Gasteiger partial charge is 0.244 e. The molecule has 1 amide bonds. The number of pyridine rings is 1. The first-order valence-corrected chi connectivity index (χ1v) is 10.8. The van der Waals surface area contributed by atoms with Gasteiger partial charge in [0.2, 0.25) is 17.6 Å². The molecule has 1 aromatic carbocycles. The Kier molecular flexibility index (Phi) is 6.69. The molecular weight excluding hydrogens is 380 g/mol. The number of nitrogens with one attached hydrogen (secondary N) is 1. The van der Waals surface area contributed by atoms with E-state index < -0.39 is 5.91 Å². The lowest BCUT2D eigenvalue weighted by Crippen LogP contribution is -2.21. The number of amides is 1. The molecule has 0 bridgehead atoms. The Morgan fingerprint density at radius 2 is 2.00 bits per heavy atom. The molecule has 1 atom stereocenters. The molecule has 0 unspecified atom stereocenters. The van der Waals surface area contributed by atoms with Crippen LogP contribution in [0.2, 0.25) is 0 Å². The Morgan fingerprint density at radius 3 is 2.80 bits per heavy atom. The summed E-state index contributed by atoms with van der Waals surface area (Å²) in [5.74, 6) is 0.958.